The lowest BCUT2D eigenvalue weighted by atomic mass is 9.88. The number of hydrogen-bond donors (Lipinski definition) is 1. The second-order valence-corrected chi connectivity index (χ2v) is 4.26. The number of benzene rings is 1. The van der Waals surface area contributed by atoms with E-state index in [1.807, 2.05) is 0 Å². The first-order valence-electron chi connectivity index (χ1n) is 5.66. The Morgan fingerprint density at radius 1 is 1.21 bits per heavy atom. The van der Waals surface area contributed by atoms with E-state index in [-0.39, 0.29) is 0 Å². The predicted octanol–water partition coefficient (Wildman–Crippen LogP) is 2.93. The van der Waals surface area contributed by atoms with Gasteiger partial charge in [0.25, 0.3) is 0 Å². The molecule has 0 radical (unpaired) electrons. The number of nitrogens with one attached hydrogen (secondary N) is 1. The van der Waals surface area contributed by atoms with Crippen molar-refractivity contribution in [3.63, 3.8) is 0 Å². The van der Waals surface area contributed by atoms with Crippen LogP contribution in [0.4, 0.5) is 0 Å². The van der Waals surface area contributed by atoms with E-state index in [1.165, 1.54) is 31.4 Å². The molecule has 1 nitrogen and oxygen atoms in total. The highest BCUT2D eigenvalue weighted by Gasteiger charge is 2.20. The monoisotopic (exact) mass is 189 g/mol. The van der Waals surface area contributed by atoms with Crippen molar-refractivity contribution in [2.75, 3.05) is 6.54 Å². The molecule has 0 spiro atoms. The molecule has 76 valence electrons. The molecular weight excluding hydrogens is 170 g/mol. The van der Waals surface area contributed by atoms with Crippen LogP contribution >= 0.6 is 0 Å². The zero-order valence-electron chi connectivity index (χ0n) is 8.87. The van der Waals surface area contributed by atoms with Crippen molar-refractivity contribution >= 4 is 0 Å². The molecule has 0 aromatic heterocycles. The second kappa shape index (κ2) is 4.61. The second-order valence-electron chi connectivity index (χ2n) is 4.26. The molecule has 0 saturated carbocycles. The fourth-order valence-electron chi connectivity index (χ4n) is 2.29. The van der Waals surface area contributed by atoms with Crippen molar-refractivity contribution in [1.82, 2.24) is 5.32 Å². The molecule has 1 aromatic rings. The van der Waals surface area contributed by atoms with E-state index in [0.717, 1.165) is 0 Å². The third kappa shape index (κ3) is 2.16. The van der Waals surface area contributed by atoms with Gasteiger partial charge in [-0.1, -0.05) is 43.7 Å². The summed E-state index contributed by atoms with van der Waals surface area (Å²) in [5.74, 6) is 0.650. The summed E-state index contributed by atoms with van der Waals surface area (Å²) in [5.41, 5.74) is 1.46. The Kier molecular flexibility index (Phi) is 3.20. The van der Waals surface area contributed by atoms with Crippen LogP contribution in [-0.2, 0) is 0 Å². The standard InChI is InChI=1S/C13H19N/c1-11(12-7-3-2-4-8-12)13-9-5-6-10-14-13/h2-4,7-8,11,13-14H,5-6,9-10H2,1H3/t11-,13+/m0/s1. The minimum atomic E-state index is 0.650. The van der Waals surface area contributed by atoms with Crippen LogP contribution in [0.5, 0.6) is 0 Å². The number of piperidine rings is 1. The average Bonchev–Trinajstić information content (AvgIpc) is 2.30. The number of hydrogen-bond acceptors (Lipinski definition) is 1. The number of rotatable bonds is 2. The van der Waals surface area contributed by atoms with Crippen molar-refractivity contribution in [3.05, 3.63) is 35.9 Å². The van der Waals surface area contributed by atoms with Gasteiger partial charge in [-0.2, -0.15) is 0 Å². The maximum atomic E-state index is 3.62. The largest absolute Gasteiger partial charge is 0.313 e. The van der Waals surface area contributed by atoms with Crippen molar-refractivity contribution in [2.45, 2.75) is 38.1 Å². The van der Waals surface area contributed by atoms with Gasteiger partial charge in [0.05, 0.1) is 0 Å². The van der Waals surface area contributed by atoms with Gasteiger partial charge in [0.2, 0.25) is 0 Å². The van der Waals surface area contributed by atoms with Gasteiger partial charge in [0.15, 0.2) is 0 Å². The molecule has 0 aliphatic carbocycles. The van der Waals surface area contributed by atoms with Crippen LogP contribution in [-0.4, -0.2) is 12.6 Å². The van der Waals surface area contributed by atoms with Crippen LogP contribution < -0.4 is 5.32 Å². The SMILES string of the molecule is C[C@@H](c1ccccc1)[C@H]1CCCCN1. The van der Waals surface area contributed by atoms with Gasteiger partial charge >= 0.3 is 0 Å². The van der Waals surface area contributed by atoms with Crippen molar-refractivity contribution in [1.29, 1.82) is 0 Å². The van der Waals surface area contributed by atoms with E-state index in [9.17, 15) is 0 Å². The Hall–Kier alpha value is -0.820. The first kappa shape index (κ1) is 9.72. The molecule has 1 saturated heterocycles. The summed E-state index contributed by atoms with van der Waals surface area (Å²) in [7, 11) is 0. The van der Waals surface area contributed by atoms with Crippen molar-refractivity contribution < 1.29 is 0 Å². The Balaban J connectivity index is 2.03. The lowest BCUT2D eigenvalue weighted by Gasteiger charge is -2.29. The predicted molar refractivity (Wildman–Crippen MR) is 60.5 cm³/mol. The minimum Gasteiger partial charge on any atom is -0.313 e. The molecule has 0 unspecified atom stereocenters. The van der Waals surface area contributed by atoms with Gasteiger partial charge in [-0.25, -0.2) is 0 Å². The van der Waals surface area contributed by atoms with Gasteiger partial charge in [-0.15, -0.1) is 0 Å². The molecule has 2 atom stereocenters. The molecule has 2 rings (SSSR count). The summed E-state index contributed by atoms with van der Waals surface area (Å²) in [4.78, 5) is 0. The fraction of sp³-hybridized carbons (Fsp3) is 0.538. The zero-order valence-corrected chi connectivity index (χ0v) is 8.87. The van der Waals surface area contributed by atoms with E-state index >= 15 is 0 Å². The van der Waals surface area contributed by atoms with Gasteiger partial charge in [-0.3, -0.25) is 0 Å². The molecule has 0 bridgehead atoms. The molecule has 1 heteroatoms. The summed E-state index contributed by atoms with van der Waals surface area (Å²) in [5, 5.41) is 3.62. The van der Waals surface area contributed by atoms with E-state index in [0.29, 0.717) is 12.0 Å². The maximum absolute atomic E-state index is 3.62. The summed E-state index contributed by atoms with van der Waals surface area (Å²) in [6, 6.07) is 11.5. The van der Waals surface area contributed by atoms with Gasteiger partial charge in [0, 0.05) is 6.04 Å². The fourth-order valence-corrected chi connectivity index (χ4v) is 2.29. The lowest BCUT2D eigenvalue weighted by molar-refractivity contribution is 0.361. The minimum absolute atomic E-state index is 0.650. The topological polar surface area (TPSA) is 12.0 Å². The molecule has 1 aliphatic rings. The molecule has 1 N–H and O–H groups in total. The summed E-state index contributed by atoms with van der Waals surface area (Å²) >= 11 is 0. The maximum Gasteiger partial charge on any atom is 0.0133 e. The van der Waals surface area contributed by atoms with E-state index < -0.39 is 0 Å². The average molecular weight is 189 g/mol. The molecule has 14 heavy (non-hydrogen) atoms. The van der Waals surface area contributed by atoms with Crippen LogP contribution in [0.15, 0.2) is 30.3 Å². The van der Waals surface area contributed by atoms with Gasteiger partial charge in [-0.05, 0) is 30.9 Å². The smallest absolute Gasteiger partial charge is 0.0133 e. The normalized spacial score (nSPS) is 24.5. The van der Waals surface area contributed by atoms with E-state index in [1.54, 1.807) is 0 Å². The van der Waals surface area contributed by atoms with Gasteiger partial charge < -0.3 is 5.32 Å². The quantitative estimate of drug-likeness (QED) is 0.754. The first-order chi connectivity index (χ1) is 6.88. The van der Waals surface area contributed by atoms with Crippen LogP contribution in [0.1, 0.15) is 37.7 Å². The molecule has 1 heterocycles. The highest BCUT2D eigenvalue weighted by Crippen LogP contribution is 2.24. The molecular formula is C13H19N. The lowest BCUT2D eigenvalue weighted by Crippen LogP contribution is -2.37. The third-order valence-corrected chi connectivity index (χ3v) is 3.28. The highest BCUT2D eigenvalue weighted by molar-refractivity contribution is 5.20. The molecule has 1 aromatic carbocycles. The van der Waals surface area contributed by atoms with Crippen molar-refractivity contribution in [2.24, 2.45) is 0 Å². The first-order valence-corrected chi connectivity index (χ1v) is 5.66. The van der Waals surface area contributed by atoms with Gasteiger partial charge in [0.1, 0.15) is 0 Å². The zero-order chi connectivity index (χ0) is 9.80. The third-order valence-electron chi connectivity index (χ3n) is 3.28. The molecule has 1 fully saturated rings. The highest BCUT2D eigenvalue weighted by atomic mass is 14.9. The molecule has 1 aliphatic heterocycles. The Bertz CT molecular complexity index is 262. The Morgan fingerprint density at radius 2 is 2.00 bits per heavy atom. The van der Waals surface area contributed by atoms with Crippen LogP contribution in [0, 0.1) is 0 Å². The van der Waals surface area contributed by atoms with Crippen LogP contribution in [0.3, 0.4) is 0 Å². The molecule has 0 amide bonds. The van der Waals surface area contributed by atoms with E-state index in [2.05, 4.69) is 42.6 Å². The van der Waals surface area contributed by atoms with Crippen LogP contribution in [0.25, 0.3) is 0 Å². The van der Waals surface area contributed by atoms with E-state index in [4.69, 9.17) is 0 Å². The van der Waals surface area contributed by atoms with Crippen molar-refractivity contribution in [3.8, 4) is 0 Å². The Labute approximate surface area is 86.5 Å². The Morgan fingerprint density at radius 3 is 2.64 bits per heavy atom. The van der Waals surface area contributed by atoms with Crippen LogP contribution in [0.2, 0.25) is 0 Å². The summed E-state index contributed by atoms with van der Waals surface area (Å²) in [6.45, 7) is 3.53. The summed E-state index contributed by atoms with van der Waals surface area (Å²) in [6.07, 6.45) is 4.06. The summed E-state index contributed by atoms with van der Waals surface area (Å²) < 4.78 is 0.